The van der Waals surface area contributed by atoms with E-state index in [1.54, 1.807) is 7.11 Å². The van der Waals surface area contributed by atoms with Crippen molar-refractivity contribution in [1.82, 2.24) is 9.97 Å². The van der Waals surface area contributed by atoms with Crippen molar-refractivity contribution >= 4 is 11.6 Å². The highest BCUT2D eigenvalue weighted by Gasteiger charge is 2.10. The Bertz CT molecular complexity index is 385. The third kappa shape index (κ3) is 4.12. The molecule has 1 atom stereocenters. The maximum absolute atomic E-state index is 9.60. The normalized spacial score (nSPS) is 12.3. The van der Waals surface area contributed by atoms with Crippen LogP contribution in [0.5, 0.6) is 0 Å². The first-order valence-electron chi connectivity index (χ1n) is 6.08. The zero-order valence-electron chi connectivity index (χ0n) is 11.4. The van der Waals surface area contributed by atoms with Crippen LogP contribution < -0.4 is 10.6 Å². The molecule has 0 amide bonds. The van der Waals surface area contributed by atoms with Crippen molar-refractivity contribution in [3.05, 3.63) is 11.4 Å². The third-order valence-electron chi connectivity index (χ3n) is 2.47. The van der Waals surface area contributed by atoms with Gasteiger partial charge in [-0.2, -0.15) is 0 Å². The summed E-state index contributed by atoms with van der Waals surface area (Å²) in [6.45, 7) is 7.32. The highest BCUT2D eigenvalue weighted by molar-refractivity contribution is 5.57. The van der Waals surface area contributed by atoms with Crippen molar-refractivity contribution in [2.75, 3.05) is 37.4 Å². The summed E-state index contributed by atoms with van der Waals surface area (Å²) >= 11 is 0. The minimum Gasteiger partial charge on any atom is -0.389 e. The first-order chi connectivity index (χ1) is 8.58. The van der Waals surface area contributed by atoms with Gasteiger partial charge in [0, 0.05) is 25.8 Å². The highest BCUT2D eigenvalue weighted by Crippen LogP contribution is 2.19. The summed E-state index contributed by atoms with van der Waals surface area (Å²) in [5.41, 5.74) is 0.951. The number of hydrogen-bond acceptors (Lipinski definition) is 6. The van der Waals surface area contributed by atoms with Crippen molar-refractivity contribution < 1.29 is 9.84 Å². The quantitative estimate of drug-likeness (QED) is 0.672. The first kappa shape index (κ1) is 14.7. The first-order valence-corrected chi connectivity index (χ1v) is 6.08. The average molecular weight is 254 g/mol. The second kappa shape index (κ2) is 7.13. The molecule has 6 heteroatoms. The van der Waals surface area contributed by atoms with Crippen LogP contribution in [0.4, 0.5) is 11.6 Å². The minimum atomic E-state index is -0.549. The summed E-state index contributed by atoms with van der Waals surface area (Å²) in [6.07, 6.45) is -0.549. The molecule has 1 aromatic heterocycles. The number of aromatic nitrogens is 2. The number of nitrogens with one attached hydrogen (secondary N) is 2. The summed E-state index contributed by atoms with van der Waals surface area (Å²) in [4.78, 5) is 8.67. The van der Waals surface area contributed by atoms with Crippen LogP contribution in [-0.4, -0.2) is 48.0 Å². The van der Waals surface area contributed by atoms with E-state index in [-0.39, 0.29) is 0 Å². The fourth-order valence-corrected chi connectivity index (χ4v) is 1.61. The van der Waals surface area contributed by atoms with E-state index < -0.39 is 6.10 Å². The van der Waals surface area contributed by atoms with Crippen LogP contribution in [0.25, 0.3) is 0 Å². The van der Waals surface area contributed by atoms with E-state index in [9.17, 15) is 5.11 Å². The predicted octanol–water partition coefficient (Wildman–Crippen LogP) is 0.944. The van der Waals surface area contributed by atoms with Crippen LogP contribution in [0.15, 0.2) is 0 Å². The SMILES string of the molecule is CCNc1nc(C)nc(NCC(O)COC)c1C. The molecule has 1 rings (SSSR count). The highest BCUT2D eigenvalue weighted by atomic mass is 16.5. The molecule has 0 aliphatic heterocycles. The summed E-state index contributed by atoms with van der Waals surface area (Å²) < 4.78 is 4.87. The molecule has 0 aliphatic carbocycles. The number of aliphatic hydroxyl groups excluding tert-OH is 1. The lowest BCUT2D eigenvalue weighted by Crippen LogP contribution is -2.25. The van der Waals surface area contributed by atoms with Crippen LogP contribution in [0.3, 0.4) is 0 Å². The van der Waals surface area contributed by atoms with E-state index in [1.807, 2.05) is 20.8 Å². The Morgan fingerprint density at radius 1 is 1.22 bits per heavy atom. The summed E-state index contributed by atoms with van der Waals surface area (Å²) in [7, 11) is 1.56. The van der Waals surface area contributed by atoms with E-state index in [1.165, 1.54) is 0 Å². The summed E-state index contributed by atoms with van der Waals surface area (Å²) in [6, 6.07) is 0. The Balaban J connectivity index is 2.75. The van der Waals surface area contributed by atoms with Gasteiger partial charge in [0.05, 0.1) is 12.7 Å². The van der Waals surface area contributed by atoms with Crippen molar-refractivity contribution in [2.24, 2.45) is 0 Å². The second-order valence-electron chi connectivity index (χ2n) is 4.11. The van der Waals surface area contributed by atoms with Gasteiger partial charge in [-0.15, -0.1) is 0 Å². The molecule has 1 heterocycles. The number of rotatable bonds is 7. The molecular weight excluding hydrogens is 232 g/mol. The van der Waals surface area contributed by atoms with Crippen molar-refractivity contribution in [2.45, 2.75) is 26.9 Å². The van der Waals surface area contributed by atoms with Crippen molar-refractivity contribution in [1.29, 1.82) is 0 Å². The van der Waals surface area contributed by atoms with Gasteiger partial charge in [0.25, 0.3) is 0 Å². The molecular formula is C12H22N4O2. The summed E-state index contributed by atoms with van der Waals surface area (Å²) in [5.74, 6) is 2.27. The van der Waals surface area contributed by atoms with Crippen LogP contribution in [0.1, 0.15) is 18.3 Å². The maximum Gasteiger partial charge on any atom is 0.134 e. The van der Waals surface area contributed by atoms with Crippen LogP contribution >= 0.6 is 0 Å². The van der Waals surface area contributed by atoms with Gasteiger partial charge in [-0.25, -0.2) is 9.97 Å². The molecule has 0 aliphatic rings. The number of nitrogens with zero attached hydrogens (tertiary/aromatic N) is 2. The van der Waals surface area contributed by atoms with Gasteiger partial charge < -0.3 is 20.5 Å². The van der Waals surface area contributed by atoms with Crippen LogP contribution in [0.2, 0.25) is 0 Å². The molecule has 3 N–H and O–H groups in total. The molecule has 0 fully saturated rings. The minimum absolute atomic E-state index is 0.302. The van der Waals surface area contributed by atoms with Gasteiger partial charge in [0.1, 0.15) is 17.5 Å². The van der Waals surface area contributed by atoms with Crippen molar-refractivity contribution in [3.63, 3.8) is 0 Å². The van der Waals surface area contributed by atoms with E-state index in [0.717, 1.165) is 23.7 Å². The number of aliphatic hydroxyl groups is 1. The van der Waals surface area contributed by atoms with E-state index >= 15 is 0 Å². The number of ether oxygens (including phenoxy) is 1. The summed E-state index contributed by atoms with van der Waals surface area (Å²) in [5, 5.41) is 15.9. The number of anilines is 2. The Hall–Kier alpha value is -1.40. The second-order valence-corrected chi connectivity index (χ2v) is 4.11. The van der Waals surface area contributed by atoms with Gasteiger partial charge in [0.15, 0.2) is 0 Å². The zero-order chi connectivity index (χ0) is 13.5. The Kier molecular flexibility index (Phi) is 5.80. The Labute approximate surface area is 108 Å². The lowest BCUT2D eigenvalue weighted by Gasteiger charge is -2.15. The van der Waals surface area contributed by atoms with E-state index in [4.69, 9.17) is 4.74 Å². The van der Waals surface area contributed by atoms with Crippen LogP contribution in [0, 0.1) is 13.8 Å². The molecule has 0 aromatic carbocycles. The molecule has 0 saturated carbocycles. The lowest BCUT2D eigenvalue weighted by atomic mass is 10.3. The molecule has 18 heavy (non-hydrogen) atoms. The Morgan fingerprint density at radius 3 is 2.39 bits per heavy atom. The molecule has 0 radical (unpaired) electrons. The van der Waals surface area contributed by atoms with Gasteiger partial charge >= 0.3 is 0 Å². The van der Waals surface area contributed by atoms with Crippen molar-refractivity contribution in [3.8, 4) is 0 Å². The molecule has 0 spiro atoms. The van der Waals surface area contributed by atoms with E-state index in [0.29, 0.717) is 19.0 Å². The van der Waals surface area contributed by atoms with Gasteiger partial charge in [-0.05, 0) is 20.8 Å². The molecule has 102 valence electrons. The fourth-order valence-electron chi connectivity index (χ4n) is 1.61. The molecule has 6 nitrogen and oxygen atoms in total. The maximum atomic E-state index is 9.60. The average Bonchev–Trinajstić information content (AvgIpc) is 2.32. The third-order valence-corrected chi connectivity index (χ3v) is 2.47. The lowest BCUT2D eigenvalue weighted by molar-refractivity contribution is 0.0727. The molecule has 0 bridgehead atoms. The topological polar surface area (TPSA) is 79.3 Å². The Morgan fingerprint density at radius 2 is 1.83 bits per heavy atom. The molecule has 1 unspecified atom stereocenters. The standard InChI is InChI=1S/C12H22N4O2/c1-5-13-11-8(2)12(16-9(3)15-11)14-6-10(17)7-18-4/h10,17H,5-7H2,1-4H3,(H2,13,14,15,16). The van der Waals surface area contributed by atoms with Gasteiger partial charge in [-0.3, -0.25) is 0 Å². The number of aryl methyl sites for hydroxylation is 1. The largest absolute Gasteiger partial charge is 0.389 e. The fraction of sp³-hybridized carbons (Fsp3) is 0.667. The predicted molar refractivity (Wildman–Crippen MR) is 72.0 cm³/mol. The zero-order valence-corrected chi connectivity index (χ0v) is 11.4. The monoisotopic (exact) mass is 254 g/mol. The van der Waals surface area contributed by atoms with Gasteiger partial charge in [-0.1, -0.05) is 0 Å². The molecule has 1 aromatic rings. The van der Waals surface area contributed by atoms with E-state index in [2.05, 4.69) is 20.6 Å². The van der Waals surface area contributed by atoms with Gasteiger partial charge in [0.2, 0.25) is 0 Å². The number of methoxy groups -OCH3 is 1. The van der Waals surface area contributed by atoms with Crippen LogP contribution in [-0.2, 0) is 4.74 Å². The number of hydrogen-bond donors (Lipinski definition) is 3. The molecule has 0 saturated heterocycles. The smallest absolute Gasteiger partial charge is 0.134 e.